The highest BCUT2D eigenvalue weighted by Crippen LogP contribution is 2.33. The summed E-state index contributed by atoms with van der Waals surface area (Å²) in [4.78, 5) is 13.4. The maximum absolute atomic E-state index is 11.2. The summed E-state index contributed by atoms with van der Waals surface area (Å²) in [5.74, 6) is 0.973. The van der Waals surface area contributed by atoms with Crippen molar-refractivity contribution in [1.82, 2.24) is 4.90 Å². The molecule has 0 spiro atoms. The summed E-state index contributed by atoms with van der Waals surface area (Å²) in [6, 6.07) is 5.88. The second-order valence-corrected chi connectivity index (χ2v) is 6.57. The summed E-state index contributed by atoms with van der Waals surface area (Å²) in [5.41, 5.74) is 1.05. The molecule has 1 heterocycles. The van der Waals surface area contributed by atoms with Gasteiger partial charge in [0.2, 0.25) is 0 Å². The Morgan fingerprint density at radius 2 is 2.22 bits per heavy atom. The number of rotatable bonds is 7. The van der Waals surface area contributed by atoms with Crippen LogP contribution in [-0.4, -0.2) is 42.8 Å². The van der Waals surface area contributed by atoms with Gasteiger partial charge in [-0.2, -0.15) is 0 Å². The second kappa shape index (κ2) is 8.20. The lowest BCUT2D eigenvalue weighted by molar-refractivity contribution is -0.143. The minimum atomic E-state index is -0.698. The van der Waals surface area contributed by atoms with Gasteiger partial charge in [-0.05, 0) is 31.4 Å². The number of carbonyl (C=O) groups is 1. The lowest BCUT2D eigenvalue weighted by Crippen LogP contribution is -2.38. The van der Waals surface area contributed by atoms with Crippen molar-refractivity contribution in [2.24, 2.45) is 11.8 Å². The van der Waals surface area contributed by atoms with E-state index in [0.29, 0.717) is 25.6 Å². The molecule has 0 radical (unpaired) electrons. The van der Waals surface area contributed by atoms with E-state index >= 15 is 0 Å². The Kier molecular flexibility index (Phi) is 6.28. The number of carboxylic acid groups (broad SMARTS) is 1. The average Bonchev–Trinajstić information content (AvgIpc) is 2.53. The molecule has 1 aromatic carbocycles. The van der Waals surface area contributed by atoms with Crippen LogP contribution in [0.1, 0.15) is 32.3 Å². The van der Waals surface area contributed by atoms with Crippen molar-refractivity contribution >= 4 is 5.97 Å². The number of hydrogen-bond acceptors (Lipinski definition) is 4. The minimum Gasteiger partial charge on any atom is -0.493 e. The van der Waals surface area contributed by atoms with E-state index in [4.69, 9.17) is 9.47 Å². The largest absolute Gasteiger partial charge is 0.493 e. The molecule has 1 fully saturated rings. The van der Waals surface area contributed by atoms with E-state index in [1.165, 1.54) is 0 Å². The molecular weight excluding hydrogens is 294 g/mol. The van der Waals surface area contributed by atoms with Crippen LogP contribution < -0.4 is 9.47 Å². The van der Waals surface area contributed by atoms with Gasteiger partial charge in [0.05, 0.1) is 19.6 Å². The van der Waals surface area contributed by atoms with Gasteiger partial charge < -0.3 is 14.6 Å². The molecule has 1 N–H and O–H groups in total. The molecule has 1 atom stereocenters. The number of piperidine rings is 1. The fourth-order valence-corrected chi connectivity index (χ4v) is 2.90. The molecule has 0 amide bonds. The lowest BCUT2D eigenvalue weighted by Gasteiger charge is -2.31. The molecule has 1 saturated heterocycles. The van der Waals surface area contributed by atoms with Gasteiger partial charge in [-0.15, -0.1) is 0 Å². The normalized spacial score (nSPS) is 18.9. The summed E-state index contributed by atoms with van der Waals surface area (Å²) in [5, 5.41) is 9.23. The van der Waals surface area contributed by atoms with Gasteiger partial charge in [0.25, 0.3) is 0 Å². The first-order chi connectivity index (χ1) is 11.0. The second-order valence-electron chi connectivity index (χ2n) is 6.57. The third-order valence-electron chi connectivity index (χ3n) is 4.09. The number of hydrogen-bond donors (Lipinski definition) is 1. The Morgan fingerprint density at radius 3 is 2.87 bits per heavy atom. The summed E-state index contributed by atoms with van der Waals surface area (Å²) in [6.45, 7) is 7.05. The van der Waals surface area contributed by atoms with Crippen LogP contribution in [0.15, 0.2) is 18.2 Å². The SMILES string of the molecule is COc1cccc(CN2CCCC(C(=O)O)C2)c1OCC(C)C. The molecule has 1 aliphatic rings. The highest BCUT2D eigenvalue weighted by atomic mass is 16.5. The molecule has 0 aliphatic carbocycles. The van der Waals surface area contributed by atoms with E-state index in [1.807, 2.05) is 18.2 Å². The number of carboxylic acids is 1. The zero-order valence-corrected chi connectivity index (χ0v) is 14.2. The van der Waals surface area contributed by atoms with Crippen molar-refractivity contribution in [3.63, 3.8) is 0 Å². The molecule has 1 aliphatic heterocycles. The van der Waals surface area contributed by atoms with Crippen LogP contribution in [0.5, 0.6) is 11.5 Å². The summed E-state index contributed by atoms with van der Waals surface area (Å²) < 4.78 is 11.4. The highest BCUT2D eigenvalue weighted by Gasteiger charge is 2.26. The molecule has 0 aromatic heterocycles. The van der Waals surface area contributed by atoms with Crippen LogP contribution in [-0.2, 0) is 11.3 Å². The molecule has 1 aromatic rings. The summed E-state index contributed by atoms with van der Waals surface area (Å²) in [6.07, 6.45) is 1.68. The number of aliphatic carboxylic acids is 1. The standard InChI is InChI=1S/C18H27NO4/c1-13(2)12-23-17-14(6-4-8-16(17)22-3)10-19-9-5-7-15(11-19)18(20)21/h4,6,8,13,15H,5,7,9-12H2,1-3H3,(H,20,21). The van der Waals surface area contributed by atoms with Gasteiger partial charge in [-0.3, -0.25) is 9.69 Å². The number of methoxy groups -OCH3 is 1. The van der Waals surface area contributed by atoms with Crippen molar-refractivity contribution in [1.29, 1.82) is 0 Å². The van der Waals surface area contributed by atoms with E-state index in [0.717, 1.165) is 36.4 Å². The predicted octanol–water partition coefficient (Wildman–Crippen LogP) is 3.03. The van der Waals surface area contributed by atoms with Crippen molar-refractivity contribution in [3.05, 3.63) is 23.8 Å². The predicted molar refractivity (Wildman–Crippen MR) is 89.0 cm³/mol. The van der Waals surface area contributed by atoms with Crippen LogP contribution in [0.2, 0.25) is 0 Å². The van der Waals surface area contributed by atoms with Crippen LogP contribution in [0.4, 0.5) is 0 Å². The Balaban J connectivity index is 2.13. The number of ether oxygens (including phenoxy) is 2. The van der Waals surface area contributed by atoms with E-state index in [-0.39, 0.29) is 5.92 Å². The molecule has 0 bridgehead atoms. The first-order valence-electron chi connectivity index (χ1n) is 8.25. The summed E-state index contributed by atoms with van der Waals surface area (Å²) in [7, 11) is 1.64. The third kappa shape index (κ3) is 4.86. The fraction of sp³-hybridized carbons (Fsp3) is 0.611. The molecular formula is C18H27NO4. The van der Waals surface area contributed by atoms with Crippen LogP contribution in [0.25, 0.3) is 0 Å². The Hall–Kier alpha value is -1.75. The van der Waals surface area contributed by atoms with E-state index < -0.39 is 5.97 Å². The fourth-order valence-electron chi connectivity index (χ4n) is 2.90. The van der Waals surface area contributed by atoms with Gasteiger partial charge in [0.1, 0.15) is 0 Å². The van der Waals surface area contributed by atoms with Gasteiger partial charge in [-0.1, -0.05) is 26.0 Å². The molecule has 2 rings (SSSR count). The number of para-hydroxylation sites is 1. The van der Waals surface area contributed by atoms with Crippen molar-refractivity contribution in [3.8, 4) is 11.5 Å². The number of likely N-dealkylation sites (tertiary alicyclic amines) is 1. The van der Waals surface area contributed by atoms with Crippen LogP contribution in [0.3, 0.4) is 0 Å². The van der Waals surface area contributed by atoms with E-state index in [2.05, 4.69) is 18.7 Å². The average molecular weight is 321 g/mol. The first-order valence-corrected chi connectivity index (χ1v) is 8.25. The molecule has 5 heteroatoms. The lowest BCUT2D eigenvalue weighted by atomic mass is 9.98. The zero-order chi connectivity index (χ0) is 16.8. The summed E-state index contributed by atoms with van der Waals surface area (Å²) >= 11 is 0. The van der Waals surface area contributed by atoms with Gasteiger partial charge in [0.15, 0.2) is 11.5 Å². The van der Waals surface area contributed by atoms with Gasteiger partial charge in [-0.25, -0.2) is 0 Å². The quantitative estimate of drug-likeness (QED) is 0.836. The van der Waals surface area contributed by atoms with Crippen molar-refractivity contribution < 1.29 is 19.4 Å². The smallest absolute Gasteiger partial charge is 0.307 e. The molecule has 1 unspecified atom stereocenters. The molecule has 128 valence electrons. The molecule has 0 saturated carbocycles. The molecule has 23 heavy (non-hydrogen) atoms. The van der Waals surface area contributed by atoms with Crippen LogP contribution >= 0.6 is 0 Å². The van der Waals surface area contributed by atoms with Crippen molar-refractivity contribution in [2.45, 2.75) is 33.2 Å². The van der Waals surface area contributed by atoms with Gasteiger partial charge >= 0.3 is 5.97 Å². The highest BCUT2D eigenvalue weighted by molar-refractivity contribution is 5.70. The monoisotopic (exact) mass is 321 g/mol. The van der Waals surface area contributed by atoms with E-state index in [9.17, 15) is 9.90 Å². The molecule has 5 nitrogen and oxygen atoms in total. The third-order valence-corrected chi connectivity index (χ3v) is 4.09. The first kappa shape index (κ1) is 17.6. The van der Waals surface area contributed by atoms with E-state index in [1.54, 1.807) is 7.11 Å². The maximum Gasteiger partial charge on any atom is 0.307 e. The maximum atomic E-state index is 11.2. The minimum absolute atomic E-state index is 0.269. The van der Waals surface area contributed by atoms with Gasteiger partial charge in [0, 0.05) is 18.7 Å². The topological polar surface area (TPSA) is 59.0 Å². The number of nitrogens with zero attached hydrogens (tertiary/aromatic N) is 1. The van der Waals surface area contributed by atoms with Crippen LogP contribution in [0, 0.1) is 11.8 Å². The number of benzene rings is 1. The zero-order valence-electron chi connectivity index (χ0n) is 14.2. The van der Waals surface area contributed by atoms with Crippen molar-refractivity contribution in [2.75, 3.05) is 26.8 Å². The Bertz CT molecular complexity index is 530. The Labute approximate surface area is 138 Å². The Morgan fingerprint density at radius 1 is 1.43 bits per heavy atom.